The molecule has 2 aromatic rings. The Morgan fingerprint density at radius 1 is 1.48 bits per heavy atom. The summed E-state index contributed by atoms with van der Waals surface area (Å²) in [5.41, 5.74) is 1.50. The van der Waals surface area contributed by atoms with Crippen molar-refractivity contribution >= 4 is 23.3 Å². The number of benzene rings is 1. The Bertz CT molecular complexity index is 656. The lowest BCUT2D eigenvalue weighted by atomic mass is 10.1. The van der Waals surface area contributed by atoms with Crippen molar-refractivity contribution in [2.45, 2.75) is 25.8 Å². The smallest absolute Gasteiger partial charge is 0.322 e. The second kappa shape index (κ2) is 5.77. The topological polar surface area (TPSA) is 58.4 Å². The van der Waals surface area contributed by atoms with E-state index in [0.717, 1.165) is 24.3 Å². The minimum atomic E-state index is -0.139. The maximum atomic E-state index is 12.4. The molecule has 1 aliphatic rings. The molecule has 0 aliphatic carbocycles. The Morgan fingerprint density at radius 2 is 2.33 bits per heavy atom. The number of halogens is 1. The van der Waals surface area contributed by atoms with E-state index < -0.39 is 0 Å². The summed E-state index contributed by atoms with van der Waals surface area (Å²) in [6, 6.07) is 8.84. The number of hydrogen-bond donors (Lipinski definition) is 1. The van der Waals surface area contributed by atoms with Crippen LogP contribution in [0.4, 0.5) is 10.5 Å². The van der Waals surface area contributed by atoms with E-state index in [1.54, 1.807) is 23.1 Å². The Labute approximate surface area is 127 Å². The van der Waals surface area contributed by atoms with Crippen molar-refractivity contribution in [2.75, 3.05) is 11.9 Å². The van der Waals surface area contributed by atoms with Gasteiger partial charge in [0.25, 0.3) is 0 Å². The van der Waals surface area contributed by atoms with Crippen molar-refractivity contribution in [3.8, 4) is 0 Å². The summed E-state index contributed by atoms with van der Waals surface area (Å²) in [4.78, 5) is 14.2. The van der Waals surface area contributed by atoms with Gasteiger partial charge in [0.05, 0.1) is 6.04 Å². The van der Waals surface area contributed by atoms with Gasteiger partial charge in [-0.05, 0) is 38.0 Å². The standard InChI is InChI=1S/C15H16ClN3O2/c1-10-8-13(18-21-10)14-6-3-7-19(14)15(20)17-12-5-2-4-11(16)9-12/h2,4-5,8-9,14H,3,6-7H2,1H3,(H,17,20). The summed E-state index contributed by atoms with van der Waals surface area (Å²) in [6.45, 7) is 2.56. The number of nitrogens with zero attached hydrogens (tertiary/aromatic N) is 2. The van der Waals surface area contributed by atoms with Gasteiger partial charge in [-0.1, -0.05) is 22.8 Å². The van der Waals surface area contributed by atoms with Crippen molar-refractivity contribution in [2.24, 2.45) is 0 Å². The first-order chi connectivity index (χ1) is 10.1. The van der Waals surface area contributed by atoms with Crippen molar-refractivity contribution in [3.63, 3.8) is 0 Å². The van der Waals surface area contributed by atoms with Gasteiger partial charge in [-0.2, -0.15) is 0 Å². The van der Waals surface area contributed by atoms with Crippen LogP contribution in [0.1, 0.15) is 30.3 Å². The Hall–Kier alpha value is -2.01. The molecule has 1 aliphatic heterocycles. The molecule has 2 heterocycles. The molecule has 110 valence electrons. The summed E-state index contributed by atoms with van der Waals surface area (Å²) in [5.74, 6) is 0.757. The lowest BCUT2D eigenvalue weighted by molar-refractivity contribution is 0.204. The number of aromatic nitrogens is 1. The van der Waals surface area contributed by atoms with Crippen molar-refractivity contribution in [1.82, 2.24) is 10.1 Å². The van der Waals surface area contributed by atoms with Crippen LogP contribution in [0.2, 0.25) is 5.02 Å². The first kappa shape index (κ1) is 13.9. The number of rotatable bonds is 2. The van der Waals surface area contributed by atoms with Crippen LogP contribution in [-0.4, -0.2) is 22.6 Å². The largest absolute Gasteiger partial charge is 0.361 e. The summed E-state index contributed by atoms with van der Waals surface area (Å²) >= 11 is 5.93. The summed E-state index contributed by atoms with van der Waals surface area (Å²) in [5, 5.41) is 7.50. The molecule has 1 fully saturated rings. The van der Waals surface area contributed by atoms with E-state index in [-0.39, 0.29) is 12.1 Å². The van der Waals surface area contributed by atoms with Crippen LogP contribution in [0.3, 0.4) is 0 Å². The van der Waals surface area contributed by atoms with Crippen LogP contribution in [0, 0.1) is 6.92 Å². The molecule has 1 N–H and O–H groups in total. The molecule has 0 bridgehead atoms. The highest BCUT2D eigenvalue weighted by Crippen LogP contribution is 2.32. The summed E-state index contributed by atoms with van der Waals surface area (Å²) < 4.78 is 5.11. The van der Waals surface area contributed by atoms with E-state index in [9.17, 15) is 4.79 Å². The first-order valence-corrected chi connectivity index (χ1v) is 7.28. The van der Waals surface area contributed by atoms with Crippen LogP contribution in [0.5, 0.6) is 0 Å². The van der Waals surface area contributed by atoms with E-state index >= 15 is 0 Å². The van der Waals surface area contributed by atoms with Crippen LogP contribution in [0.15, 0.2) is 34.9 Å². The molecule has 1 aromatic carbocycles. The average molecular weight is 306 g/mol. The van der Waals surface area contributed by atoms with Crippen molar-refractivity contribution < 1.29 is 9.32 Å². The molecule has 1 saturated heterocycles. The number of urea groups is 1. The van der Waals surface area contributed by atoms with Gasteiger partial charge in [0.2, 0.25) is 0 Å². The SMILES string of the molecule is Cc1cc(C2CCCN2C(=O)Nc2cccc(Cl)c2)no1. The van der Waals surface area contributed by atoms with Crippen LogP contribution in [0.25, 0.3) is 0 Å². The number of carbonyl (C=O) groups excluding carboxylic acids is 1. The minimum Gasteiger partial charge on any atom is -0.361 e. The van der Waals surface area contributed by atoms with Gasteiger partial charge < -0.3 is 14.7 Å². The summed E-state index contributed by atoms with van der Waals surface area (Å²) in [7, 11) is 0. The Kier molecular flexibility index (Phi) is 3.84. The first-order valence-electron chi connectivity index (χ1n) is 6.90. The predicted molar refractivity (Wildman–Crippen MR) is 80.4 cm³/mol. The Balaban J connectivity index is 1.74. The highest BCUT2D eigenvalue weighted by Gasteiger charge is 2.32. The van der Waals surface area contributed by atoms with Crippen LogP contribution >= 0.6 is 11.6 Å². The Morgan fingerprint density at radius 3 is 3.05 bits per heavy atom. The van der Waals surface area contributed by atoms with E-state index in [2.05, 4.69) is 10.5 Å². The number of nitrogens with one attached hydrogen (secondary N) is 1. The van der Waals surface area contributed by atoms with E-state index in [0.29, 0.717) is 17.3 Å². The highest BCUT2D eigenvalue weighted by atomic mass is 35.5. The van der Waals surface area contributed by atoms with Gasteiger partial charge in [-0.15, -0.1) is 0 Å². The van der Waals surface area contributed by atoms with Crippen molar-refractivity contribution in [3.05, 3.63) is 46.8 Å². The predicted octanol–water partition coefficient (Wildman–Crippen LogP) is 4.01. The zero-order valence-corrected chi connectivity index (χ0v) is 12.4. The summed E-state index contributed by atoms with van der Waals surface area (Å²) in [6.07, 6.45) is 1.86. The second-order valence-corrected chi connectivity index (χ2v) is 5.59. The maximum absolute atomic E-state index is 12.4. The number of amides is 2. The molecule has 0 radical (unpaired) electrons. The monoisotopic (exact) mass is 305 g/mol. The van der Waals surface area contributed by atoms with E-state index in [1.165, 1.54) is 0 Å². The molecule has 21 heavy (non-hydrogen) atoms. The molecular weight excluding hydrogens is 290 g/mol. The molecule has 5 nitrogen and oxygen atoms in total. The van der Waals surface area contributed by atoms with E-state index in [4.69, 9.17) is 16.1 Å². The number of anilines is 1. The molecule has 1 aromatic heterocycles. The van der Waals surface area contributed by atoms with Gasteiger partial charge in [0.1, 0.15) is 11.5 Å². The lowest BCUT2D eigenvalue weighted by Gasteiger charge is -2.23. The zero-order valence-electron chi connectivity index (χ0n) is 11.7. The third-order valence-electron chi connectivity index (χ3n) is 3.58. The number of hydrogen-bond acceptors (Lipinski definition) is 3. The molecule has 3 rings (SSSR count). The molecular formula is C15H16ClN3O2. The third-order valence-corrected chi connectivity index (χ3v) is 3.81. The fourth-order valence-electron chi connectivity index (χ4n) is 2.62. The van der Waals surface area contributed by atoms with Gasteiger partial charge in [-0.25, -0.2) is 4.79 Å². The van der Waals surface area contributed by atoms with Gasteiger partial charge in [0.15, 0.2) is 0 Å². The number of likely N-dealkylation sites (tertiary alicyclic amines) is 1. The molecule has 1 atom stereocenters. The molecule has 0 spiro atoms. The number of aryl methyl sites for hydroxylation is 1. The van der Waals surface area contributed by atoms with E-state index in [1.807, 2.05) is 19.1 Å². The average Bonchev–Trinajstić information content (AvgIpc) is 3.06. The van der Waals surface area contributed by atoms with Gasteiger partial charge in [-0.3, -0.25) is 0 Å². The van der Waals surface area contributed by atoms with Crippen molar-refractivity contribution in [1.29, 1.82) is 0 Å². The molecule has 6 heteroatoms. The maximum Gasteiger partial charge on any atom is 0.322 e. The molecule has 1 unspecified atom stereocenters. The lowest BCUT2D eigenvalue weighted by Crippen LogP contribution is -2.34. The minimum absolute atomic E-state index is 0.0263. The molecule has 0 saturated carbocycles. The normalized spacial score (nSPS) is 18.0. The fraction of sp³-hybridized carbons (Fsp3) is 0.333. The molecule has 2 amide bonds. The fourth-order valence-corrected chi connectivity index (χ4v) is 2.81. The van der Waals surface area contributed by atoms with Gasteiger partial charge >= 0.3 is 6.03 Å². The van der Waals surface area contributed by atoms with Gasteiger partial charge in [0, 0.05) is 23.3 Å². The highest BCUT2D eigenvalue weighted by molar-refractivity contribution is 6.30. The zero-order chi connectivity index (χ0) is 14.8. The number of carbonyl (C=O) groups is 1. The second-order valence-electron chi connectivity index (χ2n) is 5.15. The van der Waals surface area contributed by atoms with Crippen LogP contribution < -0.4 is 5.32 Å². The quantitative estimate of drug-likeness (QED) is 0.912. The third kappa shape index (κ3) is 3.03. The van der Waals surface area contributed by atoms with Crippen LogP contribution in [-0.2, 0) is 0 Å².